The van der Waals surface area contributed by atoms with Crippen molar-refractivity contribution >= 4 is 34.8 Å². The molecule has 1 rings (SSSR count). The highest BCUT2D eigenvalue weighted by Gasteiger charge is 2.08. The van der Waals surface area contributed by atoms with Crippen LogP contribution in [0.15, 0.2) is 12.1 Å². The summed E-state index contributed by atoms with van der Waals surface area (Å²) in [6.07, 6.45) is 0.262. The van der Waals surface area contributed by atoms with Crippen LogP contribution in [0, 0.1) is 0 Å². The molecule has 100 valence electrons. The van der Waals surface area contributed by atoms with E-state index in [2.05, 4.69) is 5.32 Å². The van der Waals surface area contributed by atoms with Gasteiger partial charge in [0, 0.05) is 12.1 Å². The minimum Gasteiger partial charge on any atom is -0.491 e. The van der Waals surface area contributed by atoms with Crippen molar-refractivity contribution in [1.82, 2.24) is 5.32 Å². The summed E-state index contributed by atoms with van der Waals surface area (Å²) in [4.78, 5) is 11.4. The van der Waals surface area contributed by atoms with Crippen LogP contribution in [0.1, 0.15) is 20.3 Å². The summed E-state index contributed by atoms with van der Waals surface area (Å²) >= 11 is 11.6. The third kappa shape index (κ3) is 4.63. The molecular formula is C12H16Cl2N2O2. The predicted molar refractivity (Wildman–Crippen MR) is 74.3 cm³/mol. The van der Waals surface area contributed by atoms with Crippen LogP contribution in [-0.2, 0) is 4.79 Å². The number of ether oxygens (including phenoxy) is 1. The van der Waals surface area contributed by atoms with E-state index >= 15 is 0 Å². The molecule has 0 aliphatic carbocycles. The quantitative estimate of drug-likeness (QED) is 0.820. The summed E-state index contributed by atoms with van der Waals surface area (Å²) < 4.78 is 5.40. The summed E-state index contributed by atoms with van der Waals surface area (Å²) in [5.41, 5.74) is 6.12. The van der Waals surface area contributed by atoms with Gasteiger partial charge in [0.15, 0.2) is 0 Å². The maximum atomic E-state index is 11.4. The summed E-state index contributed by atoms with van der Waals surface area (Å²) in [6.45, 7) is 4.03. The Labute approximate surface area is 116 Å². The number of rotatable bonds is 5. The van der Waals surface area contributed by atoms with Crippen LogP contribution in [0.2, 0.25) is 10.0 Å². The first-order valence-electron chi connectivity index (χ1n) is 5.57. The number of carbonyl (C=O) groups excluding carboxylic acids is 1. The molecular weight excluding hydrogens is 275 g/mol. The summed E-state index contributed by atoms with van der Waals surface area (Å²) in [7, 11) is 0. The van der Waals surface area contributed by atoms with Crippen molar-refractivity contribution in [3.8, 4) is 5.75 Å². The number of nitrogens with two attached hydrogens (primary N) is 1. The lowest BCUT2D eigenvalue weighted by atomic mass is 10.3. The lowest BCUT2D eigenvalue weighted by Crippen LogP contribution is -2.31. The average molecular weight is 291 g/mol. The van der Waals surface area contributed by atoms with E-state index in [1.54, 1.807) is 6.07 Å². The first kappa shape index (κ1) is 14.9. The first-order valence-corrected chi connectivity index (χ1v) is 6.32. The first-order chi connectivity index (χ1) is 8.40. The van der Waals surface area contributed by atoms with E-state index in [4.69, 9.17) is 33.7 Å². The highest BCUT2D eigenvalue weighted by Crippen LogP contribution is 2.32. The summed E-state index contributed by atoms with van der Waals surface area (Å²) in [5.74, 6) is 0.366. The molecule has 0 heterocycles. The standard InChI is InChI=1S/C12H16Cl2N2O2/c1-7(2)16-12(17)3-4-18-11-6-9(14)8(13)5-10(11)15/h5-7H,3-4,15H2,1-2H3,(H,16,17). The zero-order valence-electron chi connectivity index (χ0n) is 10.3. The molecule has 0 aliphatic heterocycles. The van der Waals surface area contributed by atoms with Gasteiger partial charge in [0.25, 0.3) is 0 Å². The molecule has 18 heavy (non-hydrogen) atoms. The number of nitrogen functional groups attached to an aromatic ring is 1. The number of hydrogen-bond donors (Lipinski definition) is 2. The Hall–Kier alpha value is -1.13. The number of halogens is 2. The molecule has 0 bridgehead atoms. The highest BCUT2D eigenvalue weighted by molar-refractivity contribution is 6.42. The lowest BCUT2D eigenvalue weighted by Gasteiger charge is -2.11. The fraction of sp³-hybridized carbons (Fsp3) is 0.417. The normalized spacial score (nSPS) is 10.5. The Kier molecular flexibility index (Phi) is 5.56. The Morgan fingerprint density at radius 1 is 1.39 bits per heavy atom. The van der Waals surface area contributed by atoms with Gasteiger partial charge < -0.3 is 15.8 Å². The van der Waals surface area contributed by atoms with E-state index in [0.29, 0.717) is 21.5 Å². The van der Waals surface area contributed by atoms with Crippen molar-refractivity contribution in [1.29, 1.82) is 0 Å². The second-order valence-corrected chi connectivity index (χ2v) is 4.94. The molecule has 4 nitrogen and oxygen atoms in total. The number of benzene rings is 1. The molecule has 0 saturated heterocycles. The van der Waals surface area contributed by atoms with Gasteiger partial charge in [-0.25, -0.2) is 0 Å². The average Bonchev–Trinajstić information content (AvgIpc) is 2.24. The van der Waals surface area contributed by atoms with Gasteiger partial charge in [0.1, 0.15) is 5.75 Å². The Balaban J connectivity index is 2.49. The molecule has 0 aromatic heterocycles. The Bertz CT molecular complexity index is 436. The van der Waals surface area contributed by atoms with E-state index in [0.717, 1.165) is 0 Å². The summed E-state index contributed by atoms with van der Waals surface area (Å²) in [6, 6.07) is 3.18. The molecule has 1 amide bonds. The smallest absolute Gasteiger partial charge is 0.223 e. The zero-order chi connectivity index (χ0) is 13.7. The number of carbonyl (C=O) groups is 1. The molecule has 1 aromatic carbocycles. The van der Waals surface area contributed by atoms with Crippen LogP contribution in [0.25, 0.3) is 0 Å². The molecule has 0 spiro atoms. The van der Waals surface area contributed by atoms with Crippen LogP contribution >= 0.6 is 23.2 Å². The minimum atomic E-state index is -0.0661. The van der Waals surface area contributed by atoms with E-state index in [1.165, 1.54) is 6.07 Å². The predicted octanol–water partition coefficient (Wildman–Crippen LogP) is 2.87. The molecule has 0 unspecified atom stereocenters. The van der Waals surface area contributed by atoms with E-state index < -0.39 is 0 Å². The molecule has 6 heteroatoms. The molecule has 1 aromatic rings. The monoisotopic (exact) mass is 290 g/mol. The topological polar surface area (TPSA) is 64.3 Å². The molecule has 0 saturated carbocycles. The van der Waals surface area contributed by atoms with E-state index in [-0.39, 0.29) is 25.0 Å². The van der Waals surface area contributed by atoms with Crippen molar-refractivity contribution in [2.75, 3.05) is 12.3 Å². The SMILES string of the molecule is CC(C)NC(=O)CCOc1cc(Cl)c(Cl)cc1N. The van der Waals surface area contributed by atoms with E-state index in [9.17, 15) is 4.79 Å². The molecule has 3 N–H and O–H groups in total. The lowest BCUT2D eigenvalue weighted by molar-refractivity contribution is -0.122. The number of amides is 1. The van der Waals surface area contributed by atoms with Crippen molar-refractivity contribution in [2.45, 2.75) is 26.3 Å². The number of hydrogen-bond acceptors (Lipinski definition) is 3. The van der Waals surface area contributed by atoms with Crippen LogP contribution in [-0.4, -0.2) is 18.6 Å². The third-order valence-electron chi connectivity index (χ3n) is 2.09. The fourth-order valence-electron chi connectivity index (χ4n) is 1.32. The Morgan fingerprint density at radius 3 is 2.61 bits per heavy atom. The summed E-state index contributed by atoms with van der Waals surface area (Å²) in [5, 5.41) is 3.51. The van der Waals surface area contributed by atoms with Gasteiger partial charge in [-0.2, -0.15) is 0 Å². The number of anilines is 1. The van der Waals surface area contributed by atoms with Crippen LogP contribution < -0.4 is 15.8 Å². The highest BCUT2D eigenvalue weighted by atomic mass is 35.5. The third-order valence-corrected chi connectivity index (χ3v) is 2.81. The fourth-order valence-corrected chi connectivity index (χ4v) is 1.64. The van der Waals surface area contributed by atoms with Gasteiger partial charge in [-0.05, 0) is 19.9 Å². The van der Waals surface area contributed by atoms with Crippen molar-refractivity contribution in [3.63, 3.8) is 0 Å². The van der Waals surface area contributed by atoms with Crippen molar-refractivity contribution < 1.29 is 9.53 Å². The molecule has 0 radical (unpaired) electrons. The van der Waals surface area contributed by atoms with Gasteiger partial charge in [0.05, 0.1) is 28.8 Å². The molecule has 0 fully saturated rings. The van der Waals surface area contributed by atoms with Gasteiger partial charge >= 0.3 is 0 Å². The van der Waals surface area contributed by atoms with Crippen LogP contribution in [0.4, 0.5) is 5.69 Å². The van der Waals surface area contributed by atoms with Gasteiger partial charge in [0.2, 0.25) is 5.91 Å². The maximum absolute atomic E-state index is 11.4. The molecule has 0 atom stereocenters. The van der Waals surface area contributed by atoms with E-state index in [1.807, 2.05) is 13.8 Å². The van der Waals surface area contributed by atoms with Gasteiger partial charge in [-0.1, -0.05) is 23.2 Å². The second-order valence-electron chi connectivity index (χ2n) is 4.12. The Morgan fingerprint density at radius 2 is 2.00 bits per heavy atom. The minimum absolute atomic E-state index is 0.0661. The molecule has 0 aliphatic rings. The van der Waals surface area contributed by atoms with Gasteiger partial charge in [-0.15, -0.1) is 0 Å². The van der Waals surface area contributed by atoms with Crippen molar-refractivity contribution in [2.24, 2.45) is 0 Å². The van der Waals surface area contributed by atoms with Gasteiger partial charge in [-0.3, -0.25) is 4.79 Å². The largest absolute Gasteiger partial charge is 0.491 e. The maximum Gasteiger partial charge on any atom is 0.223 e. The van der Waals surface area contributed by atoms with Crippen molar-refractivity contribution in [3.05, 3.63) is 22.2 Å². The van der Waals surface area contributed by atoms with Crippen LogP contribution in [0.3, 0.4) is 0 Å². The van der Waals surface area contributed by atoms with Crippen LogP contribution in [0.5, 0.6) is 5.75 Å². The number of nitrogens with one attached hydrogen (secondary N) is 1. The zero-order valence-corrected chi connectivity index (χ0v) is 11.8. The second kappa shape index (κ2) is 6.71.